The summed E-state index contributed by atoms with van der Waals surface area (Å²) >= 11 is 8.26. The Kier molecular flexibility index (Phi) is 7.17. The molecule has 0 atom stereocenters. The van der Waals surface area contributed by atoms with Crippen molar-refractivity contribution in [1.29, 1.82) is 0 Å². The molecular weight excluding hydrogens is 483 g/mol. The summed E-state index contributed by atoms with van der Waals surface area (Å²) in [5.74, 6) is -1.63. The Morgan fingerprint density at radius 2 is 1.70 bits per heavy atom. The van der Waals surface area contributed by atoms with Crippen LogP contribution in [0.3, 0.4) is 0 Å². The third kappa shape index (κ3) is 6.04. The fraction of sp³-hybridized carbons (Fsp3) is 0.0417. The van der Waals surface area contributed by atoms with E-state index in [0.29, 0.717) is 5.02 Å². The number of carbonyl (C=O) groups excluding carboxylic acids is 3. The van der Waals surface area contributed by atoms with E-state index < -0.39 is 29.4 Å². The first-order valence-electron chi connectivity index (χ1n) is 9.72. The highest BCUT2D eigenvalue weighted by molar-refractivity contribution is 8.18. The Hall–Kier alpha value is -3.07. The second-order valence-electron chi connectivity index (χ2n) is 6.95. The number of hydrogen-bond donors (Lipinski definition) is 1. The molecule has 0 aromatic heterocycles. The number of hydrogen-bond acceptors (Lipinski definition) is 5. The Balaban J connectivity index is 1.39. The van der Waals surface area contributed by atoms with Gasteiger partial charge in [-0.1, -0.05) is 41.6 Å². The summed E-state index contributed by atoms with van der Waals surface area (Å²) in [5, 5.41) is 2.63. The SMILES string of the molecule is O=C(CN1C(=O)S/C(=C/c2ccc(Sc3ccc(Cl)cc3)cc2)C1=O)Nc1cccc(F)c1. The molecule has 4 rings (SSSR count). The Morgan fingerprint density at radius 1 is 1.03 bits per heavy atom. The van der Waals surface area contributed by atoms with Gasteiger partial charge in [0.05, 0.1) is 4.91 Å². The average Bonchev–Trinajstić information content (AvgIpc) is 3.04. The van der Waals surface area contributed by atoms with E-state index in [9.17, 15) is 18.8 Å². The average molecular weight is 499 g/mol. The van der Waals surface area contributed by atoms with Gasteiger partial charge in [-0.15, -0.1) is 0 Å². The van der Waals surface area contributed by atoms with Gasteiger partial charge in [0.2, 0.25) is 5.91 Å². The molecule has 0 unspecified atom stereocenters. The maximum absolute atomic E-state index is 13.3. The van der Waals surface area contributed by atoms with E-state index in [1.807, 2.05) is 48.5 Å². The first-order chi connectivity index (χ1) is 15.9. The van der Waals surface area contributed by atoms with Crippen molar-refractivity contribution in [2.75, 3.05) is 11.9 Å². The number of halogens is 2. The van der Waals surface area contributed by atoms with Crippen LogP contribution in [0.15, 0.2) is 87.5 Å². The van der Waals surface area contributed by atoms with Crippen LogP contribution in [0, 0.1) is 5.82 Å². The number of benzene rings is 3. The molecule has 5 nitrogen and oxygen atoms in total. The summed E-state index contributed by atoms with van der Waals surface area (Å²) in [4.78, 5) is 40.3. The van der Waals surface area contributed by atoms with Gasteiger partial charge in [0, 0.05) is 20.5 Å². The van der Waals surface area contributed by atoms with Crippen LogP contribution in [0.1, 0.15) is 5.56 Å². The molecule has 0 radical (unpaired) electrons. The topological polar surface area (TPSA) is 66.5 Å². The standard InChI is InChI=1S/C24H16ClFN2O3S2/c25-16-6-10-20(11-7-16)32-19-8-4-15(5-9-19)12-21-23(30)28(24(31)33-21)14-22(29)27-18-3-1-2-17(26)13-18/h1-13H,14H2,(H,27,29)/b21-12+. The van der Waals surface area contributed by atoms with E-state index in [4.69, 9.17) is 11.6 Å². The molecule has 1 fully saturated rings. The van der Waals surface area contributed by atoms with Crippen molar-refractivity contribution in [2.24, 2.45) is 0 Å². The minimum atomic E-state index is -0.590. The van der Waals surface area contributed by atoms with Crippen LogP contribution < -0.4 is 5.32 Å². The van der Waals surface area contributed by atoms with Crippen LogP contribution in [0.5, 0.6) is 0 Å². The third-order valence-electron chi connectivity index (χ3n) is 4.51. The summed E-state index contributed by atoms with van der Waals surface area (Å²) < 4.78 is 13.3. The molecule has 9 heteroatoms. The van der Waals surface area contributed by atoms with Crippen LogP contribution in [0.4, 0.5) is 14.9 Å². The van der Waals surface area contributed by atoms with Gasteiger partial charge in [0.15, 0.2) is 0 Å². The number of thioether (sulfide) groups is 1. The van der Waals surface area contributed by atoms with Crippen LogP contribution in [0.25, 0.3) is 6.08 Å². The van der Waals surface area contributed by atoms with Gasteiger partial charge in [0.25, 0.3) is 11.1 Å². The minimum absolute atomic E-state index is 0.233. The number of nitrogens with one attached hydrogen (secondary N) is 1. The van der Waals surface area contributed by atoms with Crippen molar-refractivity contribution < 1.29 is 18.8 Å². The van der Waals surface area contributed by atoms with Crippen LogP contribution in [-0.2, 0) is 9.59 Å². The van der Waals surface area contributed by atoms with Gasteiger partial charge in [-0.2, -0.15) is 0 Å². The van der Waals surface area contributed by atoms with Crippen LogP contribution in [-0.4, -0.2) is 28.5 Å². The molecule has 1 saturated heterocycles. The molecule has 0 saturated carbocycles. The number of imide groups is 1. The molecule has 3 amide bonds. The van der Waals surface area contributed by atoms with E-state index in [1.54, 1.807) is 17.8 Å². The summed E-state index contributed by atoms with van der Waals surface area (Å²) in [6, 6.07) is 20.4. The van der Waals surface area contributed by atoms with Crippen molar-refractivity contribution in [3.63, 3.8) is 0 Å². The van der Waals surface area contributed by atoms with Crippen molar-refractivity contribution in [1.82, 2.24) is 4.90 Å². The normalized spacial score (nSPS) is 14.7. The zero-order valence-corrected chi connectivity index (χ0v) is 19.3. The molecule has 33 heavy (non-hydrogen) atoms. The maximum atomic E-state index is 13.3. The molecule has 0 bridgehead atoms. The van der Waals surface area contributed by atoms with Crippen molar-refractivity contribution in [3.05, 3.63) is 94.1 Å². The van der Waals surface area contributed by atoms with Crippen molar-refractivity contribution in [2.45, 2.75) is 9.79 Å². The highest BCUT2D eigenvalue weighted by Gasteiger charge is 2.36. The van der Waals surface area contributed by atoms with E-state index in [2.05, 4.69) is 5.32 Å². The monoisotopic (exact) mass is 498 g/mol. The first kappa shape index (κ1) is 23.1. The number of anilines is 1. The fourth-order valence-electron chi connectivity index (χ4n) is 2.97. The first-order valence-corrected chi connectivity index (χ1v) is 11.7. The third-order valence-corrected chi connectivity index (χ3v) is 6.69. The lowest BCUT2D eigenvalue weighted by Crippen LogP contribution is -2.36. The van der Waals surface area contributed by atoms with Gasteiger partial charge < -0.3 is 5.32 Å². The summed E-state index contributed by atoms with van der Waals surface area (Å²) in [7, 11) is 0. The molecule has 0 spiro atoms. The van der Waals surface area contributed by atoms with E-state index in [1.165, 1.54) is 18.2 Å². The lowest BCUT2D eigenvalue weighted by molar-refractivity contribution is -0.127. The van der Waals surface area contributed by atoms with Gasteiger partial charge in [-0.05, 0) is 78.0 Å². The molecule has 1 heterocycles. The van der Waals surface area contributed by atoms with Gasteiger partial charge in [0.1, 0.15) is 12.4 Å². The molecular formula is C24H16ClFN2O3S2. The molecule has 0 aliphatic carbocycles. The summed E-state index contributed by atoms with van der Waals surface area (Å²) in [5.41, 5.74) is 1.00. The molecule has 1 aliphatic rings. The lowest BCUT2D eigenvalue weighted by Gasteiger charge is -2.12. The van der Waals surface area contributed by atoms with E-state index in [-0.39, 0.29) is 10.6 Å². The molecule has 3 aromatic rings. The van der Waals surface area contributed by atoms with Gasteiger partial charge in [-0.3, -0.25) is 19.3 Å². The number of nitrogens with zero attached hydrogens (tertiary/aromatic N) is 1. The fourth-order valence-corrected chi connectivity index (χ4v) is 4.75. The highest BCUT2D eigenvalue weighted by Crippen LogP contribution is 2.33. The zero-order valence-electron chi connectivity index (χ0n) is 17.0. The molecule has 1 N–H and O–H groups in total. The molecule has 3 aromatic carbocycles. The van der Waals surface area contributed by atoms with E-state index >= 15 is 0 Å². The highest BCUT2D eigenvalue weighted by atomic mass is 35.5. The zero-order chi connectivity index (χ0) is 23.4. The predicted octanol–water partition coefficient (Wildman–Crippen LogP) is 6.31. The number of amides is 3. The van der Waals surface area contributed by atoms with E-state index in [0.717, 1.165) is 38.1 Å². The quantitative estimate of drug-likeness (QED) is 0.404. The number of rotatable bonds is 6. The van der Waals surface area contributed by atoms with Crippen molar-refractivity contribution >= 4 is 63.9 Å². The lowest BCUT2D eigenvalue weighted by atomic mass is 10.2. The Morgan fingerprint density at radius 3 is 2.36 bits per heavy atom. The smallest absolute Gasteiger partial charge is 0.294 e. The maximum Gasteiger partial charge on any atom is 0.294 e. The van der Waals surface area contributed by atoms with Crippen molar-refractivity contribution in [3.8, 4) is 0 Å². The second-order valence-corrected chi connectivity index (χ2v) is 9.53. The molecule has 166 valence electrons. The Bertz CT molecular complexity index is 1250. The largest absolute Gasteiger partial charge is 0.324 e. The predicted molar refractivity (Wildman–Crippen MR) is 130 cm³/mol. The minimum Gasteiger partial charge on any atom is -0.324 e. The summed E-state index contributed by atoms with van der Waals surface area (Å²) in [6.07, 6.45) is 1.62. The second kappa shape index (κ2) is 10.2. The Labute approximate surface area is 203 Å². The van der Waals surface area contributed by atoms with Gasteiger partial charge in [-0.25, -0.2) is 4.39 Å². The van der Waals surface area contributed by atoms with Crippen LogP contribution >= 0.6 is 35.1 Å². The van der Waals surface area contributed by atoms with Crippen LogP contribution in [0.2, 0.25) is 5.02 Å². The molecule has 1 aliphatic heterocycles. The van der Waals surface area contributed by atoms with Gasteiger partial charge >= 0.3 is 0 Å². The summed E-state index contributed by atoms with van der Waals surface area (Å²) in [6.45, 7) is -0.449. The number of carbonyl (C=O) groups is 3.